The van der Waals surface area contributed by atoms with Gasteiger partial charge in [-0.15, -0.1) is 0 Å². The van der Waals surface area contributed by atoms with Crippen LogP contribution in [0.25, 0.3) is 0 Å². The third-order valence-corrected chi connectivity index (χ3v) is 2.77. The average molecular weight is 314 g/mol. The molecule has 0 radical (unpaired) electrons. The Kier molecular flexibility index (Phi) is 5.30. The molecule has 0 saturated carbocycles. The van der Waals surface area contributed by atoms with Crippen LogP contribution < -0.4 is 10.6 Å². The van der Waals surface area contributed by atoms with Gasteiger partial charge in [-0.3, -0.25) is 9.59 Å². The van der Waals surface area contributed by atoms with Crippen molar-refractivity contribution in [2.24, 2.45) is 0 Å². The van der Waals surface area contributed by atoms with E-state index in [0.717, 1.165) is 12.2 Å². The van der Waals surface area contributed by atoms with Gasteiger partial charge in [0, 0.05) is 23.4 Å². The third kappa shape index (κ3) is 5.16. The Morgan fingerprint density at radius 2 is 1.96 bits per heavy atom. The van der Waals surface area contributed by atoms with Crippen molar-refractivity contribution in [2.75, 3.05) is 5.32 Å². The largest absolute Gasteiger partial charge is 0.478 e. The van der Waals surface area contributed by atoms with Crippen LogP contribution in [0.5, 0.6) is 0 Å². The van der Waals surface area contributed by atoms with Gasteiger partial charge in [-0.05, 0) is 30.3 Å². The molecule has 0 spiro atoms. The fraction of sp³-hybridized carbons (Fsp3) is 0.0625. The second-order valence-electron chi connectivity index (χ2n) is 4.50. The number of benzene rings is 1. The van der Waals surface area contributed by atoms with E-state index in [0.29, 0.717) is 17.0 Å². The Morgan fingerprint density at radius 1 is 1.13 bits per heavy atom. The van der Waals surface area contributed by atoms with Crippen molar-refractivity contribution < 1.29 is 23.9 Å². The summed E-state index contributed by atoms with van der Waals surface area (Å²) < 4.78 is 5.12. The Labute approximate surface area is 131 Å². The van der Waals surface area contributed by atoms with Crippen molar-refractivity contribution in [3.8, 4) is 0 Å². The highest BCUT2D eigenvalue weighted by Gasteiger charge is 2.08. The smallest absolute Gasteiger partial charge is 0.328 e. The standard InChI is InChI=1S/C16H14N2O5/c19-14(6-7-15(20)21)18-12-4-1-3-11(9-12)16(22)17-10-13-5-2-8-23-13/h1-9H,10H2,(H,17,22)(H,18,19)(H,20,21)/b7-6+. The highest BCUT2D eigenvalue weighted by molar-refractivity contribution is 6.03. The molecular weight excluding hydrogens is 300 g/mol. The van der Waals surface area contributed by atoms with Gasteiger partial charge in [-0.2, -0.15) is 0 Å². The van der Waals surface area contributed by atoms with E-state index in [1.807, 2.05) is 0 Å². The molecule has 3 N–H and O–H groups in total. The molecule has 2 amide bonds. The van der Waals surface area contributed by atoms with Gasteiger partial charge >= 0.3 is 5.97 Å². The van der Waals surface area contributed by atoms with Crippen LogP contribution >= 0.6 is 0 Å². The van der Waals surface area contributed by atoms with Gasteiger partial charge in [0.15, 0.2) is 0 Å². The molecule has 0 fully saturated rings. The van der Waals surface area contributed by atoms with Gasteiger partial charge in [0.05, 0.1) is 12.8 Å². The van der Waals surface area contributed by atoms with E-state index in [9.17, 15) is 14.4 Å². The zero-order valence-corrected chi connectivity index (χ0v) is 12.0. The molecule has 7 nitrogen and oxygen atoms in total. The van der Waals surface area contributed by atoms with Gasteiger partial charge in [-0.25, -0.2) is 4.79 Å². The molecule has 0 atom stereocenters. The lowest BCUT2D eigenvalue weighted by Crippen LogP contribution is -2.22. The fourth-order valence-corrected chi connectivity index (χ4v) is 1.75. The Hall–Kier alpha value is -3.35. The van der Waals surface area contributed by atoms with Crippen LogP contribution in [0.3, 0.4) is 0 Å². The molecule has 0 aliphatic carbocycles. The lowest BCUT2D eigenvalue weighted by molar-refractivity contribution is -0.131. The second-order valence-corrected chi connectivity index (χ2v) is 4.50. The zero-order valence-electron chi connectivity index (χ0n) is 12.0. The molecule has 0 saturated heterocycles. The molecule has 1 heterocycles. The molecule has 1 aromatic carbocycles. The van der Waals surface area contributed by atoms with Gasteiger partial charge in [-0.1, -0.05) is 6.07 Å². The number of rotatable bonds is 6. The normalized spacial score (nSPS) is 10.4. The summed E-state index contributed by atoms with van der Waals surface area (Å²) in [5.41, 5.74) is 0.743. The maximum absolute atomic E-state index is 12.0. The fourth-order valence-electron chi connectivity index (χ4n) is 1.75. The highest BCUT2D eigenvalue weighted by Crippen LogP contribution is 2.11. The van der Waals surface area contributed by atoms with Crippen molar-refractivity contribution in [3.05, 3.63) is 66.1 Å². The van der Waals surface area contributed by atoms with E-state index in [2.05, 4.69) is 10.6 Å². The monoisotopic (exact) mass is 314 g/mol. The van der Waals surface area contributed by atoms with Crippen molar-refractivity contribution in [1.29, 1.82) is 0 Å². The Bertz CT molecular complexity index is 735. The van der Waals surface area contributed by atoms with E-state index < -0.39 is 11.9 Å². The summed E-state index contributed by atoms with van der Waals surface area (Å²) in [4.78, 5) is 33.9. The van der Waals surface area contributed by atoms with E-state index in [4.69, 9.17) is 9.52 Å². The topological polar surface area (TPSA) is 109 Å². The Morgan fingerprint density at radius 3 is 2.65 bits per heavy atom. The number of anilines is 1. The van der Waals surface area contributed by atoms with Gasteiger partial charge in [0.1, 0.15) is 5.76 Å². The molecule has 118 valence electrons. The third-order valence-electron chi connectivity index (χ3n) is 2.77. The van der Waals surface area contributed by atoms with Crippen LogP contribution in [-0.2, 0) is 16.1 Å². The van der Waals surface area contributed by atoms with Gasteiger partial charge in [0.2, 0.25) is 5.91 Å². The molecule has 23 heavy (non-hydrogen) atoms. The van der Waals surface area contributed by atoms with E-state index in [1.165, 1.54) is 12.3 Å². The molecular formula is C16H14N2O5. The predicted molar refractivity (Wildman–Crippen MR) is 81.7 cm³/mol. The maximum Gasteiger partial charge on any atom is 0.328 e. The molecule has 0 aliphatic rings. The predicted octanol–water partition coefficient (Wildman–Crippen LogP) is 1.79. The minimum Gasteiger partial charge on any atom is -0.478 e. The summed E-state index contributed by atoms with van der Waals surface area (Å²) in [7, 11) is 0. The molecule has 7 heteroatoms. The summed E-state index contributed by atoms with van der Waals surface area (Å²) >= 11 is 0. The molecule has 2 rings (SSSR count). The van der Waals surface area contributed by atoms with Crippen molar-refractivity contribution >= 4 is 23.5 Å². The lowest BCUT2D eigenvalue weighted by Gasteiger charge is -2.06. The second kappa shape index (κ2) is 7.60. The number of carbonyl (C=O) groups excluding carboxylic acids is 2. The summed E-state index contributed by atoms with van der Waals surface area (Å²) in [5.74, 6) is -1.51. The van der Waals surface area contributed by atoms with Crippen LogP contribution in [0.4, 0.5) is 5.69 Å². The average Bonchev–Trinajstić information content (AvgIpc) is 3.04. The minimum absolute atomic E-state index is 0.254. The van der Waals surface area contributed by atoms with E-state index in [-0.39, 0.29) is 12.5 Å². The molecule has 0 unspecified atom stereocenters. The highest BCUT2D eigenvalue weighted by atomic mass is 16.4. The number of aliphatic carboxylic acids is 1. The number of amides is 2. The maximum atomic E-state index is 12.0. The van der Waals surface area contributed by atoms with Crippen molar-refractivity contribution in [3.63, 3.8) is 0 Å². The molecule has 0 bridgehead atoms. The van der Waals surface area contributed by atoms with Crippen LogP contribution in [0, 0.1) is 0 Å². The Balaban J connectivity index is 1.97. The number of nitrogens with one attached hydrogen (secondary N) is 2. The van der Waals surface area contributed by atoms with Crippen molar-refractivity contribution in [1.82, 2.24) is 5.32 Å². The van der Waals surface area contributed by atoms with Gasteiger partial charge < -0.3 is 20.2 Å². The number of hydrogen-bond donors (Lipinski definition) is 3. The van der Waals surface area contributed by atoms with Crippen molar-refractivity contribution in [2.45, 2.75) is 6.54 Å². The first-order chi connectivity index (χ1) is 11.0. The SMILES string of the molecule is O=C(O)/C=C/C(=O)Nc1cccc(C(=O)NCc2ccco2)c1. The van der Waals surface area contributed by atoms with Crippen LogP contribution in [0.2, 0.25) is 0 Å². The number of furan rings is 1. The first-order valence-corrected chi connectivity index (χ1v) is 6.67. The summed E-state index contributed by atoms with van der Waals surface area (Å²) in [6, 6.07) is 9.76. The van der Waals surface area contributed by atoms with E-state index in [1.54, 1.807) is 30.3 Å². The number of carboxylic acid groups (broad SMARTS) is 1. The summed E-state index contributed by atoms with van der Waals surface area (Å²) in [6.45, 7) is 0.254. The number of carboxylic acids is 1. The molecule has 2 aromatic rings. The number of carbonyl (C=O) groups is 3. The minimum atomic E-state index is -1.22. The lowest BCUT2D eigenvalue weighted by atomic mass is 10.2. The summed E-state index contributed by atoms with van der Waals surface area (Å²) in [5, 5.41) is 13.6. The zero-order chi connectivity index (χ0) is 16.7. The molecule has 0 aliphatic heterocycles. The first-order valence-electron chi connectivity index (χ1n) is 6.67. The number of hydrogen-bond acceptors (Lipinski definition) is 4. The quantitative estimate of drug-likeness (QED) is 0.704. The van der Waals surface area contributed by atoms with Crippen LogP contribution in [-0.4, -0.2) is 22.9 Å². The van der Waals surface area contributed by atoms with Gasteiger partial charge in [0.25, 0.3) is 5.91 Å². The first kappa shape index (κ1) is 16.0. The van der Waals surface area contributed by atoms with Crippen LogP contribution in [0.1, 0.15) is 16.1 Å². The summed E-state index contributed by atoms with van der Waals surface area (Å²) in [6.07, 6.45) is 3.14. The van der Waals surface area contributed by atoms with Crippen LogP contribution in [0.15, 0.2) is 59.2 Å². The van der Waals surface area contributed by atoms with E-state index >= 15 is 0 Å². The molecule has 1 aromatic heterocycles.